The number of alkyl halides is 2. The topological polar surface area (TPSA) is 40.5 Å². The first-order valence-electron chi connectivity index (χ1n) is 5.29. The molecule has 0 aliphatic carbocycles. The molecule has 1 aromatic carbocycles. The summed E-state index contributed by atoms with van der Waals surface area (Å²) in [6, 6.07) is 6.73. The maximum absolute atomic E-state index is 12.3. The smallest absolute Gasteiger partial charge is 0.255 e. The standard InChI is InChI=1S/C12H15F2NO2/c1-9-3-2-4-10(7-9)12(17)15(5-6-16)8-11(13)14/h2-4,7,11,16H,5-6,8H2,1H3. The Morgan fingerprint density at radius 2 is 2.18 bits per heavy atom. The highest BCUT2D eigenvalue weighted by Crippen LogP contribution is 2.09. The van der Waals surface area contributed by atoms with E-state index < -0.39 is 18.9 Å². The fourth-order valence-electron chi connectivity index (χ4n) is 1.52. The summed E-state index contributed by atoms with van der Waals surface area (Å²) in [6.07, 6.45) is -2.60. The van der Waals surface area contributed by atoms with Crippen molar-refractivity contribution in [1.29, 1.82) is 0 Å². The monoisotopic (exact) mass is 243 g/mol. The number of aliphatic hydroxyl groups excluding tert-OH is 1. The van der Waals surface area contributed by atoms with E-state index in [4.69, 9.17) is 5.11 Å². The molecule has 0 aromatic heterocycles. The van der Waals surface area contributed by atoms with Gasteiger partial charge in [0.1, 0.15) is 0 Å². The molecule has 1 aromatic rings. The molecule has 0 heterocycles. The Hall–Kier alpha value is -1.49. The highest BCUT2D eigenvalue weighted by atomic mass is 19.3. The number of amides is 1. The predicted molar refractivity (Wildman–Crippen MR) is 60.2 cm³/mol. The van der Waals surface area contributed by atoms with Gasteiger partial charge in [0.25, 0.3) is 12.3 Å². The molecular formula is C12H15F2NO2. The van der Waals surface area contributed by atoms with Crippen LogP contribution in [0.4, 0.5) is 8.78 Å². The molecule has 0 spiro atoms. The number of rotatable bonds is 5. The summed E-state index contributed by atoms with van der Waals surface area (Å²) >= 11 is 0. The molecular weight excluding hydrogens is 228 g/mol. The van der Waals surface area contributed by atoms with Crippen molar-refractivity contribution in [2.75, 3.05) is 19.7 Å². The molecule has 0 aliphatic heterocycles. The van der Waals surface area contributed by atoms with Crippen LogP contribution in [0, 0.1) is 6.92 Å². The average Bonchev–Trinajstić information content (AvgIpc) is 2.27. The van der Waals surface area contributed by atoms with E-state index in [9.17, 15) is 13.6 Å². The number of carbonyl (C=O) groups is 1. The predicted octanol–water partition coefficient (Wildman–Crippen LogP) is 1.69. The zero-order valence-electron chi connectivity index (χ0n) is 9.57. The Balaban J connectivity index is 2.83. The Kier molecular flexibility index (Phi) is 5.03. The van der Waals surface area contributed by atoms with Crippen LogP contribution in [0.25, 0.3) is 0 Å². The minimum absolute atomic E-state index is 0.0862. The molecule has 5 heteroatoms. The zero-order chi connectivity index (χ0) is 12.8. The van der Waals surface area contributed by atoms with Crippen molar-refractivity contribution in [3.8, 4) is 0 Å². The van der Waals surface area contributed by atoms with Crippen molar-refractivity contribution < 1.29 is 18.7 Å². The number of hydrogen-bond acceptors (Lipinski definition) is 2. The molecule has 0 radical (unpaired) electrons. The molecule has 0 saturated heterocycles. The van der Waals surface area contributed by atoms with Gasteiger partial charge in [-0.05, 0) is 19.1 Å². The number of aliphatic hydroxyl groups is 1. The number of carbonyl (C=O) groups excluding carboxylic acids is 1. The van der Waals surface area contributed by atoms with E-state index in [0.29, 0.717) is 5.56 Å². The van der Waals surface area contributed by atoms with Gasteiger partial charge in [0.05, 0.1) is 13.2 Å². The molecule has 1 amide bonds. The van der Waals surface area contributed by atoms with Crippen LogP contribution in [0.5, 0.6) is 0 Å². The quantitative estimate of drug-likeness (QED) is 0.855. The molecule has 94 valence electrons. The first-order valence-corrected chi connectivity index (χ1v) is 5.29. The van der Waals surface area contributed by atoms with E-state index in [-0.39, 0.29) is 13.2 Å². The third-order valence-electron chi connectivity index (χ3n) is 2.28. The minimum Gasteiger partial charge on any atom is -0.395 e. The molecule has 0 atom stereocenters. The second kappa shape index (κ2) is 6.30. The van der Waals surface area contributed by atoms with Crippen LogP contribution in [0.15, 0.2) is 24.3 Å². The van der Waals surface area contributed by atoms with Crippen molar-refractivity contribution in [2.45, 2.75) is 13.3 Å². The van der Waals surface area contributed by atoms with Crippen LogP contribution >= 0.6 is 0 Å². The number of benzene rings is 1. The first kappa shape index (κ1) is 13.6. The molecule has 1 rings (SSSR count). The molecule has 1 N–H and O–H groups in total. The van der Waals surface area contributed by atoms with Gasteiger partial charge >= 0.3 is 0 Å². The average molecular weight is 243 g/mol. The van der Waals surface area contributed by atoms with Crippen molar-refractivity contribution in [3.05, 3.63) is 35.4 Å². The number of nitrogens with zero attached hydrogens (tertiary/aromatic N) is 1. The van der Waals surface area contributed by atoms with Gasteiger partial charge in [0.2, 0.25) is 0 Å². The molecule has 0 unspecified atom stereocenters. The van der Waals surface area contributed by atoms with Crippen LogP contribution in [0.2, 0.25) is 0 Å². The van der Waals surface area contributed by atoms with Crippen molar-refractivity contribution in [1.82, 2.24) is 4.90 Å². The zero-order valence-corrected chi connectivity index (χ0v) is 9.57. The summed E-state index contributed by atoms with van der Waals surface area (Å²) in [7, 11) is 0. The van der Waals surface area contributed by atoms with Gasteiger partial charge in [-0.2, -0.15) is 0 Å². The van der Waals surface area contributed by atoms with E-state index in [0.717, 1.165) is 10.5 Å². The highest BCUT2D eigenvalue weighted by molar-refractivity contribution is 5.94. The van der Waals surface area contributed by atoms with Crippen LogP contribution < -0.4 is 0 Å². The molecule has 0 aliphatic rings. The Labute approximate surface area is 98.7 Å². The lowest BCUT2D eigenvalue weighted by Gasteiger charge is -2.21. The lowest BCUT2D eigenvalue weighted by Crippen LogP contribution is -2.37. The van der Waals surface area contributed by atoms with E-state index in [1.165, 1.54) is 0 Å². The molecule has 0 fully saturated rings. The molecule has 0 saturated carbocycles. The first-order chi connectivity index (χ1) is 8.04. The van der Waals surface area contributed by atoms with Crippen LogP contribution in [-0.2, 0) is 0 Å². The van der Waals surface area contributed by atoms with E-state index in [1.807, 2.05) is 13.0 Å². The van der Waals surface area contributed by atoms with E-state index in [2.05, 4.69) is 0 Å². The molecule has 0 bridgehead atoms. The van der Waals surface area contributed by atoms with Crippen LogP contribution in [0.1, 0.15) is 15.9 Å². The lowest BCUT2D eigenvalue weighted by atomic mass is 10.1. The number of aryl methyl sites for hydroxylation is 1. The molecule has 3 nitrogen and oxygen atoms in total. The second-order valence-electron chi connectivity index (χ2n) is 3.74. The van der Waals surface area contributed by atoms with Crippen LogP contribution in [0.3, 0.4) is 0 Å². The number of hydrogen-bond donors (Lipinski definition) is 1. The SMILES string of the molecule is Cc1cccc(C(=O)N(CCO)CC(F)F)c1. The third kappa shape index (κ3) is 4.11. The van der Waals surface area contributed by atoms with Crippen molar-refractivity contribution >= 4 is 5.91 Å². The maximum atomic E-state index is 12.3. The summed E-state index contributed by atoms with van der Waals surface area (Å²) in [4.78, 5) is 12.9. The van der Waals surface area contributed by atoms with Gasteiger partial charge in [0, 0.05) is 12.1 Å². The Morgan fingerprint density at radius 3 is 2.71 bits per heavy atom. The van der Waals surface area contributed by atoms with Gasteiger partial charge in [0.15, 0.2) is 0 Å². The Morgan fingerprint density at radius 1 is 1.47 bits per heavy atom. The fraction of sp³-hybridized carbons (Fsp3) is 0.417. The minimum atomic E-state index is -2.60. The summed E-state index contributed by atoms with van der Waals surface area (Å²) < 4.78 is 24.6. The Bertz CT molecular complexity index is 383. The summed E-state index contributed by atoms with van der Waals surface area (Å²) in [5.74, 6) is -0.483. The fourth-order valence-corrected chi connectivity index (χ4v) is 1.52. The highest BCUT2D eigenvalue weighted by Gasteiger charge is 2.19. The summed E-state index contributed by atoms with van der Waals surface area (Å²) in [5.41, 5.74) is 1.25. The van der Waals surface area contributed by atoms with E-state index in [1.54, 1.807) is 18.2 Å². The van der Waals surface area contributed by atoms with Gasteiger partial charge in [-0.3, -0.25) is 4.79 Å². The summed E-state index contributed by atoms with van der Waals surface area (Å²) in [5, 5.41) is 8.76. The maximum Gasteiger partial charge on any atom is 0.255 e. The third-order valence-corrected chi connectivity index (χ3v) is 2.28. The van der Waals surface area contributed by atoms with Gasteiger partial charge in [-0.25, -0.2) is 8.78 Å². The normalized spacial score (nSPS) is 10.6. The lowest BCUT2D eigenvalue weighted by molar-refractivity contribution is 0.0509. The largest absolute Gasteiger partial charge is 0.395 e. The van der Waals surface area contributed by atoms with Crippen LogP contribution in [-0.4, -0.2) is 42.0 Å². The molecule has 17 heavy (non-hydrogen) atoms. The van der Waals surface area contributed by atoms with Crippen molar-refractivity contribution in [3.63, 3.8) is 0 Å². The van der Waals surface area contributed by atoms with Gasteiger partial charge < -0.3 is 10.0 Å². The van der Waals surface area contributed by atoms with Gasteiger partial charge in [-0.15, -0.1) is 0 Å². The number of halogens is 2. The second-order valence-corrected chi connectivity index (χ2v) is 3.74. The van der Waals surface area contributed by atoms with Crippen molar-refractivity contribution in [2.24, 2.45) is 0 Å². The van der Waals surface area contributed by atoms with E-state index >= 15 is 0 Å². The van der Waals surface area contributed by atoms with Gasteiger partial charge in [-0.1, -0.05) is 17.7 Å². The summed E-state index contributed by atoms with van der Waals surface area (Å²) in [6.45, 7) is 0.745.